The standard InChI is InChI=1S/C13H16BrNO/c14-12-7-4-8-15(10-13(12)16)9-11-5-2-1-3-6-11/h1-3,5-6,12H,4,7-10H2. The maximum atomic E-state index is 11.7. The Bertz CT molecular complexity index is 352. The van der Waals surface area contributed by atoms with E-state index < -0.39 is 0 Å². The SMILES string of the molecule is O=C1CN(Cc2ccccc2)CCCC1Br. The minimum atomic E-state index is 0.0632. The zero-order valence-corrected chi connectivity index (χ0v) is 10.8. The van der Waals surface area contributed by atoms with Crippen molar-refractivity contribution in [3.8, 4) is 0 Å². The van der Waals surface area contributed by atoms with Crippen molar-refractivity contribution < 1.29 is 4.79 Å². The van der Waals surface area contributed by atoms with Gasteiger partial charge >= 0.3 is 0 Å². The van der Waals surface area contributed by atoms with Gasteiger partial charge < -0.3 is 0 Å². The molecule has 2 rings (SSSR count). The Balaban J connectivity index is 1.97. The van der Waals surface area contributed by atoms with Crippen LogP contribution in [0.2, 0.25) is 0 Å². The van der Waals surface area contributed by atoms with Crippen LogP contribution in [0.1, 0.15) is 18.4 Å². The lowest BCUT2D eigenvalue weighted by atomic mass is 10.2. The molecule has 1 aliphatic heterocycles. The molecule has 2 nitrogen and oxygen atoms in total. The van der Waals surface area contributed by atoms with Crippen molar-refractivity contribution in [3.63, 3.8) is 0 Å². The van der Waals surface area contributed by atoms with Gasteiger partial charge in [0.1, 0.15) is 0 Å². The number of alkyl halides is 1. The largest absolute Gasteiger partial charge is 0.297 e. The molecule has 0 radical (unpaired) electrons. The molecule has 86 valence electrons. The Labute approximate surface area is 105 Å². The molecule has 1 aliphatic rings. The summed E-state index contributed by atoms with van der Waals surface area (Å²) in [5, 5.41) is 0. The number of carbonyl (C=O) groups excluding carboxylic acids is 1. The second-order valence-corrected chi connectivity index (χ2v) is 5.38. The number of hydrogen-bond acceptors (Lipinski definition) is 2. The van der Waals surface area contributed by atoms with E-state index in [-0.39, 0.29) is 4.83 Å². The van der Waals surface area contributed by atoms with Gasteiger partial charge in [0.2, 0.25) is 0 Å². The molecule has 1 heterocycles. The minimum Gasteiger partial charge on any atom is -0.297 e. The van der Waals surface area contributed by atoms with Crippen molar-refractivity contribution >= 4 is 21.7 Å². The predicted molar refractivity (Wildman–Crippen MR) is 68.7 cm³/mol. The van der Waals surface area contributed by atoms with Gasteiger partial charge in [0.05, 0.1) is 11.4 Å². The third kappa shape index (κ3) is 3.16. The third-order valence-corrected chi connectivity index (χ3v) is 3.88. The van der Waals surface area contributed by atoms with Crippen molar-refractivity contribution in [2.45, 2.75) is 24.2 Å². The van der Waals surface area contributed by atoms with Crippen LogP contribution in [0.15, 0.2) is 30.3 Å². The van der Waals surface area contributed by atoms with Crippen molar-refractivity contribution in [1.29, 1.82) is 0 Å². The summed E-state index contributed by atoms with van der Waals surface area (Å²) in [6.45, 7) is 2.47. The lowest BCUT2D eigenvalue weighted by Crippen LogP contribution is -2.30. The summed E-state index contributed by atoms with van der Waals surface area (Å²) in [5.41, 5.74) is 1.28. The molecule has 16 heavy (non-hydrogen) atoms. The number of carbonyl (C=O) groups is 1. The first-order chi connectivity index (χ1) is 7.75. The van der Waals surface area contributed by atoms with E-state index in [1.54, 1.807) is 0 Å². The molecule has 0 bridgehead atoms. The fourth-order valence-corrected chi connectivity index (χ4v) is 2.50. The lowest BCUT2D eigenvalue weighted by molar-refractivity contribution is -0.119. The number of Topliss-reactive ketones (excluding diaryl/α,β-unsaturated/α-hetero) is 1. The van der Waals surface area contributed by atoms with Gasteiger partial charge in [0, 0.05) is 6.54 Å². The van der Waals surface area contributed by atoms with Gasteiger partial charge in [0.25, 0.3) is 0 Å². The normalized spacial score (nSPS) is 23.1. The van der Waals surface area contributed by atoms with Crippen LogP contribution in [-0.4, -0.2) is 28.6 Å². The number of rotatable bonds is 2. The smallest absolute Gasteiger partial charge is 0.160 e. The minimum absolute atomic E-state index is 0.0632. The van der Waals surface area contributed by atoms with E-state index >= 15 is 0 Å². The number of ketones is 1. The van der Waals surface area contributed by atoms with Crippen LogP contribution < -0.4 is 0 Å². The summed E-state index contributed by atoms with van der Waals surface area (Å²) in [5.74, 6) is 0.313. The molecule has 1 atom stereocenters. The molecule has 1 aromatic carbocycles. The van der Waals surface area contributed by atoms with Gasteiger partial charge in [-0.3, -0.25) is 9.69 Å². The van der Waals surface area contributed by atoms with Crippen LogP contribution in [-0.2, 0) is 11.3 Å². The van der Waals surface area contributed by atoms with Gasteiger partial charge in [-0.15, -0.1) is 0 Å². The topological polar surface area (TPSA) is 20.3 Å². The van der Waals surface area contributed by atoms with Gasteiger partial charge in [0.15, 0.2) is 5.78 Å². The lowest BCUT2D eigenvalue weighted by Gasteiger charge is -2.18. The Morgan fingerprint density at radius 3 is 2.81 bits per heavy atom. The first-order valence-electron chi connectivity index (χ1n) is 5.69. The predicted octanol–water partition coefficient (Wildman–Crippen LogP) is 2.62. The fraction of sp³-hybridized carbons (Fsp3) is 0.462. The molecule has 1 saturated heterocycles. The summed E-state index contributed by atoms with van der Waals surface area (Å²) in [7, 11) is 0. The average molecular weight is 282 g/mol. The molecule has 1 aromatic rings. The van der Waals surface area contributed by atoms with E-state index in [4.69, 9.17) is 0 Å². The number of halogens is 1. The van der Waals surface area contributed by atoms with Crippen LogP contribution in [0.25, 0.3) is 0 Å². The number of benzene rings is 1. The highest BCUT2D eigenvalue weighted by Gasteiger charge is 2.22. The number of nitrogens with zero attached hydrogens (tertiary/aromatic N) is 1. The monoisotopic (exact) mass is 281 g/mol. The Kier molecular flexibility index (Phi) is 4.13. The molecule has 0 saturated carbocycles. The van der Waals surface area contributed by atoms with Crippen LogP contribution in [0.3, 0.4) is 0 Å². The molecule has 0 aliphatic carbocycles. The van der Waals surface area contributed by atoms with Gasteiger partial charge in [-0.25, -0.2) is 0 Å². The van der Waals surface area contributed by atoms with E-state index in [0.29, 0.717) is 12.3 Å². The molecule has 0 amide bonds. The first-order valence-corrected chi connectivity index (χ1v) is 6.60. The zero-order valence-electron chi connectivity index (χ0n) is 9.23. The quantitative estimate of drug-likeness (QED) is 0.777. The van der Waals surface area contributed by atoms with E-state index in [0.717, 1.165) is 25.9 Å². The molecule has 0 N–H and O–H groups in total. The van der Waals surface area contributed by atoms with Crippen molar-refractivity contribution in [2.75, 3.05) is 13.1 Å². The van der Waals surface area contributed by atoms with Crippen molar-refractivity contribution in [1.82, 2.24) is 4.90 Å². The first kappa shape index (κ1) is 11.8. The summed E-state index contributed by atoms with van der Waals surface area (Å²) < 4.78 is 0. The van der Waals surface area contributed by atoms with Gasteiger partial charge in [-0.1, -0.05) is 46.3 Å². The van der Waals surface area contributed by atoms with Crippen LogP contribution in [0, 0.1) is 0 Å². The zero-order chi connectivity index (χ0) is 11.4. The summed E-state index contributed by atoms with van der Waals surface area (Å²) >= 11 is 3.44. The highest BCUT2D eigenvalue weighted by Crippen LogP contribution is 2.16. The molecule has 3 heteroatoms. The third-order valence-electron chi connectivity index (χ3n) is 2.91. The summed E-state index contributed by atoms with van der Waals surface area (Å²) in [6, 6.07) is 10.3. The van der Waals surface area contributed by atoms with Crippen molar-refractivity contribution in [2.24, 2.45) is 0 Å². The maximum absolute atomic E-state index is 11.7. The maximum Gasteiger partial charge on any atom is 0.160 e. The molecule has 1 fully saturated rings. The Morgan fingerprint density at radius 2 is 2.06 bits per heavy atom. The average Bonchev–Trinajstić information content (AvgIpc) is 2.43. The molecule has 0 spiro atoms. The molecule has 1 unspecified atom stereocenters. The van der Waals surface area contributed by atoms with Crippen molar-refractivity contribution in [3.05, 3.63) is 35.9 Å². The van der Waals surface area contributed by atoms with E-state index in [9.17, 15) is 4.79 Å². The van der Waals surface area contributed by atoms with Crippen LogP contribution >= 0.6 is 15.9 Å². The fourth-order valence-electron chi connectivity index (χ4n) is 2.03. The van der Waals surface area contributed by atoms with Gasteiger partial charge in [-0.05, 0) is 24.9 Å². The summed E-state index contributed by atoms with van der Waals surface area (Å²) in [4.78, 5) is 14.0. The van der Waals surface area contributed by atoms with Crippen LogP contribution in [0.4, 0.5) is 0 Å². The Hall–Kier alpha value is -0.670. The molecular weight excluding hydrogens is 266 g/mol. The van der Waals surface area contributed by atoms with Crippen LogP contribution in [0.5, 0.6) is 0 Å². The highest BCUT2D eigenvalue weighted by molar-refractivity contribution is 9.10. The van der Waals surface area contributed by atoms with E-state index in [2.05, 4.69) is 33.0 Å². The van der Waals surface area contributed by atoms with E-state index in [1.165, 1.54) is 5.56 Å². The molecular formula is C13H16BrNO. The number of likely N-dealkylation sites (tertiary alicyclic amines) is 1. The molecule has 0 aromatic heterocycles. The van der Waals surface area contributed by atoms with E-state index in [1.807, 2.05) is 18.2 Å². The summed E-state index contributed by atoms with van der Waals surface area (Å²) in [6.07, 6.45) is 2.05. The highest BCUT2D eigenvalue weighted by atomic mass is 79.9. The second-order valence-electron chi connectivity index (χ2n) is 4.27. The Morgan fingerprint density at radius 1 is 1.31 bits per heavy atom. The van der Waals surface area contributed by atoms with Gasteiger partial charge in [-0.2, -0.15) is 0 Å². The second kappa shape index (κ2) is 5.60. The number of hydrogen-bond donors (Lipinski definition) is 0.